The maximum absolute atomic E-state index is 12.0. The Morgan fingerprint density at radius 2 is 2.22 bits per heavy atom. The molecule has 0 bridgehead atoms. The summed E-state index contributed by atoms with van der Waals surface area (Å²) in [5, 5.41) is 0.168. The lowest BCUT2D eigenvalue weighted by molar-refractivity contribution is -0.117. The van der Waals surface area contributed by atoms with Gasteiger partial charge < -0.3 is 4.90 Å². The van der Waals surface area contributed by atoms with E-state index in [1.165, 1.54) is 11.8 Å². The topological polar surface area (TPSA) is 37.4 Å². The Kier molecular flexibility index (Phi) is 4.32. The third-order valence-electron chi connectivity index (χ3n) is 2.95. The van der Waals surface area contributed by atoms with Crippen LogP contribution in [0.1, 0.15) is 18.9 Å². The van der Waals surface area contributed by atoms with Gasteiger partial charge in [0.15, 0.2) is 5.12 Å². The number of thioether (sulfide) groups is 1. The molecule has 1 aromatic carbocycles. The SMILES string of the molecule is CC(=O)SC1CC(=O)N(c2cccc(I)c2C)C1. The fourth-order valence-corrected chi connectivity index (χ4v) is 3.51. The lowest BCUT2D eigenvalue weighted by Gasteiger charge is -2.19. The number of rotatable bonds is 2. The highest BCUT2D eigenvalue weighted by atomic mass is 127. The van der Waals surface area contributed by atoms with Crippen LogP contribution in [0.3, 0.4) is 0 Å². The van der Waals surface area contributed by atoms with Crippen molar-refractivity contribution in [2.45, 2.75) is 25.5 Å². The van der Waals surface area contributed by atoms with E-state index in [0.717, 1.165) is 14.8 Å². The molecule has 1 saturated heterocycles. The molecule has 1 unspecified atom stereocenters. The summed E-state index contributed by atoms with van der Waals surface area (Å²) >= 11 is 3.54. The number of halogens is 1. The van der Waals surface area contributed by atoms with Gasteiger partial charge >= 0.3 is 0 Å². The first kappa shape index (κ1) is 13.9. The van der Waals surface area contributed by atoms with Gasteiger partial charge in [-0.25, -0.2) is 0 Å². The minimum absolute atomic E-state index is 0.0778. The molecule has 96 valence electrons. The average molecular weight is 375 g/mol. The predicted octanol–water partition coefficient (Wildman–Crippen LogP) is 2.98. The predicted molar refractivity (Wildman–Crippen MR) is 82.9 cm³/mol. The van der Waals surface area contributed by atoms with E-state index in [9.17, 15) is 9.59 Å². The van der Waals surface area contributed by atoms with Crippen LogP contribution >= 0.6 is 34.4 Å². The van der Waals surface area contributed by atoms with E-state index in [1.807, 2.05) is 25.1 Å². The Hall–Kier alpha value is -0.560. The molecule has 2 rings (SSSR count). The van der Waals surface area contributed by atoms with Crippen molar-refractivity contribution < 1.29 is 9.59 Å². The van der Waals surface area contributed by atoms with Gasteiger partial charge in [0.1, 0.15) is 0 Å². The van der Waals surface area contributed by atoms with Crippen molar-refractivity contribution in [2.24, 2.45) is 0 Å². The summed E-state index contributed by atoms with van der Waals surface area (Å²) in [6.07, 6.45) is 0.454. The van der Waals surface area contributed by atoms with Gasteiger partial charge in [-0.15, -0.1) is 0 Å². The second-order valence-corrected chi connectivity index (χ2v) is 6.96. The summed E-state index contributed by atoms with van der Waals surface area (Å²) in [7, 11) is 0. The molecule has 0 N–H and O–H groups in total. The van der Waals surface area contributed by atoms with E-state index in [-0.39, 0.29) is 16.3 Å². The highest BCUT2D eigenvalue weighted by Crippen LogP contribution is 2.31. The van der Waals surface area contributed by atoms with E-state index >= 15 is 0 Å². The van der Waals surface area contributed by atoms with Crippen LogP contribution in [-0.2, 0) is 9.59 Å². The summed E-state index contributed by atoms with van der Waals surface area (Å²) in [5.74, 6) is 0.110. The fourth-order valence-electron chi connectivity index (χ4n) is 2.11. The van der Waals surface area contributed by atoms with Crippen LogP contribution < -0.4 is 4.90 Å². The number of anilines is 1. The number of benzene rings is 1. The largest absolute Gasteiger partial charge is 0.311 e. The third-order valence-corrected chi connectivity index (χ3v) is 5.10. The number of hydrogen-bond donors (Lipinski definition) is 0. The minimum atomic E-state index is 0.0778. The van der Waals surface area contributed by atoms with Crippen molar-refractivity contribution >= 4 is 51.1 Å². The quantitative estimate of drug-likeness (QED) is 0.746. The molecule has 0 aromatic heterocycles. The van der Waals surface area contributed by atoms with E-state index < -0.39 is 0 Å². The first-order valence-electron chi connectivity index (χ1n) is 5.71. The highest BCUT2D eigenvalue weighted by Gasteiger charge is 2.32. The van der Waals surface area contributed by atoms with Crippen molar-refractivity contribution in [3.63, 3.8) is 0 Å². The van der Waals surface area contributed by atoms with Gasteiger partial charge in [0.25, 0.3) is 0 Å². The first-order chi connectivity index (χ1) is 8.49. The van der Waals surface area contributed by atoms with Crippen molar-refractivity contribution in [1.29, 1.82) is 0 Å². The summed E-state index contributed by atoms with van der Waals surface area (Å²) in [6, 6.07) is 5.96. The molecule has 1 aromatic rings. The van der Waals surface area contributed by atoms with E-state index in [1.54, 1.807) is 11.8 Å². The highest BCUT2D eigenvalue weighted by molar-refractivity contribution is 14.1. The molecule has 5 heteroatoms. The van der Waals surface area contributed by atoms with Gasteiger partial charge in [-0.2, -0.15) is 0 Å². The monoisotopic (exact) mass is 375 g/mol. The lowest BCUT2D eigenvalue weighted by atomic mass is 10.2. The molecule has 1 aliphatic rings. The third kappa shape index (κ3) is 2.88. The van der Waals surface area contributed by atoms with Crippen molar-refractivity contribution in [2.75, 3.05) is 11.4 Å². The van der Waals surface area contributed by atoms with E-state index in [4.69, 9.17) is 0 Å². The molecule has 1 atom stereocenters. The molecule has 0 aliphatic carbocycles. The normalized spacial score (nSPS) is 19.4. The Morgan fingerprint density at radius 1 is 1.50 bits per heavy atom. The molecule has 1 heterocycles. The summed E-state index contributed by atoms with van der Waals surface area (Å²) in [4.78, 5) is 24.9. The fraction of sp³-hybridized carbons (Fsp3) is 0.385. The Balaban J connectivity index is 2.22. The van der Waals surface area contributed by atoms with Crippen LogP contribution in [0.2, 0.25) is 0 Å². The molecule has 0 saturated carbocycles. The van der Waals surface area contributed by atoms with Crippen molar-refractivity contribution in [3.8, 4) is 0 Å². The van der Waals surface area contributed by atoms with Crippen LogP contribution in [0.15, 0.2) is 18.2 Å². The van der Waals surface area contributed by atoms with Crippen LogP contribution in [0.25, 0.3) is 0 Å². The zero-order valence-electron chi connectivity index (χ0n) is 10.3. The Morgan fingerprint density at radius 3 is 2.89 bits per heavy atom. The van der Waals surface area contributed by atoms with Gasteiger partial charge in [0.05, 0.1) is 0 Å². The zero-order chi connectivity index (χ0) is 13.3. The Bertz CT molecular complexity index is 504. The smallest absolute Gasteiger partial charge is 0.228 e. The molecule has 1 aliphatic heterocycles. The van der Waals surface area contributed by atoms with Crippen LogP contribution in [0, 0.1) is 10.5 Å². The number of carbonyl (C=O) groups is 2. The molecule has 1 fully saturated rings. The van der Waals surface area contributed by atoms with Gasteiger partial charge in [-0.1, -0.05) is 17.8 Å². The minimum Gasteiger partial charge on any atom is -0.311 e. The van der Waals surface area contributed by atoms with Crippen LogP contribution in [0.5, 0.6) is 0 Å². The molecular formula is C13H14INO2S. The first-order valence-corrected chi connectivity index (χ1v) is 7.67. The van der Waals surface area contributed by atoms with E-state index in [2.05, 4.69) is 22.6 Å². The molecule has 18 heavy (non-hydrogen) atoms. The maximum Gasteiger partial charge on any atom is 0.228 e. The van der Waals surface area contributed by atoms with Gasteiger partial charge in [0, 0.05) is 34.4 Å². The molecule has 0 radical (unpaired) electrons. The Labute approximate surface area is 124 Å². The average Bonchev–Trinajstić information content (AvgIpc) is 2.62. The number of nitrogens with zero attached hydrogens (tertiary/aromatic N) is 1. The molecule has 3 nitrogen and oxygen atoms in total. The second-order valence-electron chi connectivity index (χ2n) is 4.32. The molecular weight excluding hydrogens is 361 g/mol. The lowest BCUT2D eigenvalue weighted by Crippen LogP contribution is -2.25. The summed E-state index contributed by atoms with van der Waals surface area (Å²) in [6.45, 7) is 4.20. The number of amides is 1. The molecule has 1 amide bonds. The van der Waals surface area contributed by atoms with E-state index in [0.29, 0.717) is 13.0 Å². The molecule has 0 spiro atoms. The number of hydrogen-bond acceptors (Lipinski definition) is 3. The number of carbonyl (C=O) groups excluding carboxylic acids is 2. The van der Waals surface area contributed by atoms with Crippen LogP contribution in [-0.4, -0.2) is 22.8 Å². The van der Waals surface area contributed by atoms with Crippen LogP contribution in [0.4, 0.5) is 5.69 Å². The second kappa shape index (κ2) is 5.61. The summed E-state index contributed by atoms with van der Waals surface area (Å²) < 4.78 is 1.15. The van der Waals surface area contributed by atoms with Gasteiger partial charge in [-0.3, -0.25) is 9.59 Å². The zero-order valence-corrected chi connectivity index (χ0v) is 13.2. The van der Waals surface area contributed by atoms with Gasteiger partial charge in [0.2, 0.25) is 5.91 Å². The maximum atomic E-state index is 12.0. The van der Waals surface area contributed by atoms with Crippen molar-refractivity contribution in [1.82, 2.24) is 0 Å². The summed E-state index contributed by atoms with van der Waals surface area (Å²) in [5.41, 5.74) is 2.10. The van der Waals surface area contributed by atoms with Crippen molar-refractivity contribution in [3.05, 3.63) is 27.3 Å². The van der Waals surface area contributed by atoms with Gasteiger partial charge in [-0.05, 0) is 47.2 Å². The standard InChI is InChI=1S/C13H14INO2S/c1-8-11(14)4-3-5-12(8)15-7-10(6-13(15)17)18-9(2)16/h3-5,10H,6-7H2,1-2H3.